The fraction of sp³-hybridized carbons (Fsp3) is 0.714. The van der Waals surface area contributed by atoms with Crippen LogP contribution in [-0.2, 0) is 4.74 Å². The van der Waals surface area contributed by atoms with E-state index >= 15 is 0 Å². The third-order valence-electron chi connectivity index (χ3n) is 3.96. The molecule has 1 aromatic rings. The monoisotopic (exact) mass is 312 g/mol. The zero-order valence-corrected chi connectivity index (χ0v) is 13.5. The molecule has 1 aliphatic heterocycles. The zero-order chi connectivity index (χ0) is 15.2. The van der Waals surface area contributed by atoms with Crippen molar-refractivity contribution in [1.82, 2.24) is 9.27 Å². The number of nitrogens with two attached hydrogens (primary N) is 1. The van der Waals surface area contributed by atoms with Gasteiger partial charge >= 0.3 is 5.97 Å². The van der Waals surface area contributed by atoms with Gasteiger partial charge in [0.05, 0.1) is 7.11 Å². The summed E-state index contributed by atoms with van der Waals surface area (Å²) in [4.78, 5) is 14.2. The van der Waals surface area contributed by atoms with Crippen molar-refractivity contribution in [3.8, 4) is 0 Å². The number of likely N-dealkylation sites (tertiary alicyclic amines) is 1. The molecule has 3 N–H and O–H groups in total. The van der Waals surface area contributed by atoms with E-state index < -0.39 is 5.97 Å². The molecule has 118 valence electrons. The summed E-state index contributed by atoms with van der Waals surface area (Å²) >= 11 is 1.21. The van der Waals surface area contributed by atoms with Crippen LogP contribution >= 0.6 is 11.5 Å². The van der Waals surface area contributed by atoms with E-state index in [0.717, 1.165) is 19.5 Å². The van der Waals surface area contributed by atoms with Gasteiger partial charge in [0.15, 0.2) is 5.82 Å². The van der Waals surface area contributed by atoms with E-state index in [1.165, 1.54) is 44.4 Å². The topological polar surface area (TPSA) is 80.5 Å². The van der Waals surface area contributed by atoms with E-state index in [-0.39, 0.29) is 5.82 Å². The third-order valence-corrected chi connectivity index (χ3v) is 4.78. The summed E-state index contributed by atoms with van der Waals surface area (Å²) in [5.41, 5.74) is 6.06. The molecule has 7 heteroatoms. The van der Waals surface area contributed by atoms with Gasteiger partial charge in [-0.15, -0.1) is 0 Å². The summed E-state index contributed by atoms with van der Waals surface area (Å²) in [6, 6.07) is 0.684. The number of nitrogens with zero attached hydrogens (tertiary/aromatic N) is 2. The van der Waals surface area contributed by atoms with Crippen molar-refractivity contribution in [2.24, 2.45) is 0 Å². The predicted molar refractivity (Wildman–Crippen MR) is 85.9 cm³/mol. The average Bonchev–Trinajstić information content (AvgIpc) is 2.85. The summed E-state index contributed by atoms with van der Waals surface area (Å²) in [7, 11) is 1.35. The van der Waals surface area contributed by atoms with Gasteiger partial charge in [-0.05, 0) is 44.3 Å². The molecule has 0 aromatic carbocycles. The van der Waals surface area contributed by atoms with Crippen molar-refractivity contribution in [2.75, 3.05) is 37.8 Å². The molecule has 1 fully saturated rings. The molecule has 1 aliphatic rings. The minimum absolute atomic E-state index is 0.235. The van der Waals surface area contributed by atoms with Gasteiger partial charge in [-0.1, -0.05) is 6.42 Å². The summed E-state index contributed by atoms with van der Waals surface area (Å²) in [5, 5.41) is 3.95. The van der Waals surface area contributed by atoms with Gasteiger partial charge in [0.25, 0.3) is 0 Å². The number of piperidine rings is 1. The van der Waals surface area contributed by atoms with Crippen LogP contribution in [0.25, 0.3) is 0 Å². The maximum absolute atomic E-state index is 11.7. The van der Waals surface area contributed by atoms with Gasteiger partial charge in [0.1, 0.15) is 10.6 Å². The van der Waals surface area contributed by atoms with Crippen LogP contribution in [0.1, 0.15) is 43.0 Å². The molecule has 0 aliphatic carbocycles. The van der Waals surface area contributed by atoms with Crippen LogP contribution in [0, 0.1) is 0 Å². The highest BCUT2D eigenvalue weighted by atomic mass is 32.1. The smallest absolute Gasteiger partial charge is 0.344 e. The lowest BCUT2D eigenvalue weighted by molar-refractivity contribution is 0.0603. The normalized spacial score (nSPS) is 19.4. The highest BCUT2D eigenvalue weighted by Crippen LogP contribution is 2.27. The lowest BCUT2D eigenvalue weighted by Crippen LogP contribution is -2.38. The number of rotatable bonds is 6. The van der Waals surface area contributed by atoms with Crippen LogP contribution in [0.2, 0.25) is 0 Å². The van der Waals surface area contributed by atoms with Gasteiger partial charge in [-0.25, -0.2) is 4.79 Å². The van der Waals surface area contributed by atoms with E-state index in [0.29, 0.717) is 16.6 Å². The highest BCUT2D eigenvalue weighted by molar-refractivity contribution is 7.11. The third kappa shape index (κ3) is 4.07. The molecule has 0 spiro atoms. The molecular formula is C14H24N4O2S. The first-order chi connectivity index (χ1) is 10.1. The maximum Gasteiger partial charge on any atom is 0.344 e. The van der Waals surface area contributed by atoms with E-state index in [1.807, 2.05) is 0 Å². The van der Waals surface area contributed by atoms with E-state index in [2.05, 4.69) is 21.5 Å². The molecule has 1 aromatic heterocycles. The van der Waals surface area contributed by atoms with E-state index in [1.54, 1.807) is 0 Å². The molecule has 2 heterocycles. The number of ether oxygens (including phenoxy) is 1. The molecule has 0 saturated carbocycles. The summed E-state index contributed by atoms with van der Waals surface area (Å²) in [6.07, 6.45) is 4.97. The van der Waals surface area contributed by atoms with Crippen LogP contribution < -0.4 is 11.1 Å². The molecule has 0 amide bonds. The second kappa shape index (κ2) is 7.61. The van der Waals surface area contributed by atoms with Crippen molar-refractivity contribution in [1.29, 1.82) is 0 Å². The van der Waals surface area contributed by atoms with Crippen LogP contribution in [-0.4, -0.2) is 48.0 Å². The number of aromatic nitrogens is 1. The summed E-state index contributed by atoms with van der Waals surface area (Å²) in [6.45, 7) is 5.37. The number of nitrogen functional groups attached to an aromatic ring is 1. The van der Waals surface area contributed by atoms with Crippen molar-refractivity contribution in [3.05, 3.63) is 5.56 Å². The van der Waals surface area contributed by atoms with Crippen molar-refractivity contribution in [2.45, 2.75) is 38.6 Å². The maximum atomic E-state index is 11.7. The van der Waals surface area contributed by atoms with Gasteiger partial charge in [-0.3, -0.25) is 0 Å². The van der Waals surface area contributed by atoms with E-state index in [4.69, 9.17) is 10.5 Å². The van der Waals surface area contributed by atoms with Crippen LogP contribution in [0.4, 0.5) is 10.8 Å². The first-order valence-corrected chi connectivity index (χ1v) is 8.22. The zero-order valence-electron chi connectivity index (χ0n) is 12.7. The number of carbonyl (C=O) groups excluding carboxylic acids is 1. The standard InChI is InChI=1S/C14H24N4O2S/c1-10-6-3-4-8-18(10)9-5-7-16-13-11(14(19)20-2)12(15)17-21-13/h10,16H,3-9H2,1-2H3,(H2,15,17). The van der Waals surface area contributed by atoms with Gasteiger partial charge in [0.2, 0.25) is 0 Å². The van der Waals surface area contributed by atoms with Gasteiger partial charge < -0.3 is 20.7 Å². The summed E-state index contributed by atoms with van der Waals surface area (Å²) in [5.74, 6) is -0.201. The fourth-order valence-corrected chi connectivity index (χ4v) is 3.42. The molecule has 0 radical (unpaired) electrons. The Kier molecular flexibility index (Phi) is 5.81. The minimum atomic E-state index is -0.437. The first kappa shape index (κ1) is 16.0. The molecule has 1 unspecified atom stereocenters. The molecule has 21 heavy (non-hydrogen) atoms. The van der Waals surface area contributed by atoms with Crippen molar-refractivity contribution < 1.29 is 9.53 Å². The Bertz CT molecular complexity index is 478. The summed E-state index contributed by atoms with van der Waals surface area (Å²) < 4.78 is 8.74. The lowest BCUT2D eigenvalue weighted by atomic mass is 10.0. The first-order valence-electron chi connectivity index (χ1n) is 7.45. The highest BCUT2D eigenvalue weighted by Gasteiger charge is 2.20. The number of anilines is 2. The Morgan fingerprint density at radius 2 is 2.38 bits per heavy atom. The van der Waals surface area contributed by atoms with E-state index in [9.17, 15) is 4.79 Å². The molecule has 0 bridgehead atoms. The second-order valence-corrected chi connectivity index (χ2v) is 6.20. The van der Waals surface area contributed by atoms with Gasteiger partial charge in [-0.2, -0.15) is 4.37 Å². The Morgan fingerprint density at radius 1 is 1.57 bits per heavy atom. The number of esters is 1. The van der Waals surface area contributed by atoms with Crippen LogP contribution in [0.15, 0.2) is 0 Å². The quantitative estimate of drug-likeness (QED) is 0.619. The number of methoxy groups -OCH3 is 1. The Balaban J connectivity index is 1.80. The van der Waals surface area contributed by atoms with Crippen LogP contribution in [0.5, 0.6) is 0 Å². The number of carbonyl (C=O) groups is 1. The second-order valence-electron chi connectivity index (χ2n) is 5.42. The Morgan fingerprint density at radius 3 is 3.10 bits per heavy atom. The van der Waals surface area contributed by atoms with Crippen LogP contribution in [0.3, 0.4) is 0 Å². The number of hydrogen-bond donors (Lipinski definition) is 2. The molecule has 1 saturated heterocycles. The van der Waals surface area contributed by atoms with Crippen molar-refractivity contribution in [3.63, 3.8) is 0 Å². The Labute approximate surface area is 129 Å². The van der Waals surface area contributed by atoms with Gasteiger partial charge in [0, 0.05) is 19.1 Å². The molecule has 6 nitrogen and oxygen atoms in total. The molecule has 1 atom stereocenters. The molecular weight excluding hydrogens is 288 g/mol. The average molecular weight is 312 g/mol. The fourth-order valence-electron chi connectivity index (χ4n) is 2.70. The predicted octanol–water partition coefficient (Wildman–Crippen LogP) is 2.19. The SMILES string of the molecule is COC(=O)c1c(N)nsc1NCCCN1CCCCC1C. The molecule has 2 rings (SSSR count). The lowest BCUT2D eigenvalue weighted by Gasteiger charge is -2.33. The minimum Gasteiger partial charge on any atom is -0.465 e. The largest absolute Gasteiger partial charge is 0.465 e. The van der Waals surface area contributed by atoms with Crippen molar-refractivity contribution >= 4 is 28.3 Å². The number of hydrogen-bond acceptors (Lipinski definition) is 7. The Hall–Kier alpha value is -1.34. The number of nitrogens with one attached hydrogen (secondary N) is 1.